The Morgan fingerprint density at radius 1 is 1.60 bits per heavy atom. The second kappa shape index (κ2) is 3.92. The van der Waals surface area contributed by atoms with Crippen molar-refractivity contribution in [2.75, 3.05) is 0 Å². The highest BCUT2D eigenvalue weighted by Crippen LogP contribution is 2.25. The van der Waals surface area contributed by atoms with Crippen molar-refractivity contribution in [1.29, 1.82) is 0 Å². The number of aromatic nitrogens is 2. The van der Waals surface area contributed by atoms with Gasteiger partial charge >= 0.3 is 0 Å². The molecule has 0 N–H and O–H groups in total. The zero-order chi connectivity index (χ0) is 11.0. The second-order valence-electron chi connectivity index (χ2n) is 3.56. The number of pyridine rings is 1. The maximum atomic E-state index is 11.4. The number of carbonyl (C=O) groups excluding carboxylic acids is 1. The van der Waals surface area contributed by atoms with Gasteiger partial charge in [0.15, 0.2) is 5.78 Å². The first kappa shape index (κ1) is 10.6. The summed E-state index contributed by atoms with van der Waals surface area (Å²) in [7, 11) is 0. The molecule has 0 saturated carbocycles. The van der Waals surface area contributed by atoms with E-state index in [1.807, 2.05) is 30.0 Å². The first-order valence-corrected chi connectivity index (χ1v) is 5.79. The molecule has 2 aromatic rings. The average molecular weight is 314 g/mol. The van der Waals surface area contributed by atoms with Crippen LogP contribution in [0.15, 0.2) is 24.7 Å². The molecule has 0 aromatic carbocycles. The summed E-state index contributed by atoms with van der Waals surface area (Å²) in [5.41, 5.74) is 1.07. The molecule has 0 spiro atoms. The van der Waals surface area contributed by atoms with E-state index in [1.165, 1.54) is 0 Å². The molecule has 0 saturated heterocycles. The highest BCUT2D eigenvalue weighted by Gasteiger charge is 2.14. The normalized spacial score (nSPS) is 13.0. The quantitative estimate of drug-likeness (QED) is 0.799. The number of fused-ring (bicyclic) bond motifs is 1. The summed E-state index contributed by atoms with van der Waals surface area (Å²) in [5, 5.41) is 1.10. The number of carbonyl (C=O) groups is 1. The van der Waals surface area contributed by atoms with E-state index in [9.17, 15) is 4.79 Å². The van der Waals surface area contributed by atoms with E-state index in [1.54, 1.807) is 13.1 Å². The summed E-state index contributed by atoms with van der Waals surface area (Å²) in [6.45, 7) is 3.53. The van der Waals surface area contributed by atoms with Crippen molar-refractivity contribution in [2.45, 2.75) is 19.9 Å². The summed E-state index contributed by atoms with van der Waals surface area (Å²) in [6, 6.07) is 1.83. The Morgan fingerprint density at radius 3 is 3.00 bits per heavy atom. The third-order valence-corrected chi connectivity index (χ3v) is 3.45. The van der Waals surface area contributed by atoms with Gasteiger partial charge in [-0.3, -0.25) is 9.78 Å². The molecule has 78 valence electrons. The fourth-order valence-electron chi connectivity index (χ4n) is 1.57. The van der Waals surface area contributed by atoms with Gasteiger partial charge in [0.2, 0.25) is 0 Å². The van der Waals surface area contributed by atoms with Crippen LogP contribution in [-0.2, 0) is 4.79 Å². The Kier molecular flexibility index (Phi) is 2.77. The van der Waals surface area contributed by atoms with Crippen molar-refractivity contribution in [3.63, 3.8) is 0 Å². The van der Waals surface area contributed by atoms with Gasteiger partial charge in [-0.1, -0.05) is 0 Å². The molecule has 0 aliphatic heterocycles. The number of halogens is 1. The minimum atomic E-state index is -0.113. The molecule has 0 bridgehead atoms. The number of hydrogen-bond acceptors (Lipinski definition) is 2. The van der Waals surface area contributed by atoms with E-state index in [-0.39, 0.29) is 11.8 Å². The van der Waals surface area contributed by atoms with Crippen LogP contribution in [-0.4, -0.2) is 15.3 Å². The van der Waals surface area contributed by atoms with E-state index in [4.69, 9.17) is 0 Å². The Bertz CT molecular complexity index is 518. The molecule has 3 nitrogen and oxygen atoms in total. The summed E-state index contributed by atoms with van der Waals surface area (Å²) in [6.07, 6.45) is 5.58. The molecule has 4 heteroatoms. The van der Waals surface area contributed by atoms with Gasteiger partial charge in [-0.15, -0.1) is 0 Å². The zero-order valence-electron chi connectivity index (χ0n) is 8.57. The molecule has 15 heavy (non-hydrogen) atoms. The van der Waals surface area contributed by atoms with Crippen molar-refractivity contribution in [1.82, 2.24) is 9.55 Å². The Morgan fingerprint density at radius 2 is 2.33 bits per heavy atom. The van der Waals surface area contributed by atoms with Gasteiger partial charge in [0.1, 0.15) is 0 Å². The van der Waals surface area contributed by atoms with E-state index >= 15 is 0 Å². The minimum Gasteiger partial charge on any atom is -0.336 e. The molecule has 0 aliphatic rings. The van der Waals surface area contributed by atoms with Crippen molar-refractivity contribution in [3.05, 3.63) is 28.2 Å². The number of ketones is 1. The molecule has 0 fully saturated rings. The fourth-order valence-corrected chi connectivity index (χ4v) is 2.29. The van der Waals surface area contributed by atoms with Gasteiger partial charge < -0.3 is 4.57 Å². The van der Waals surface area contributed by atoms with Crippen molar-refractivity contribution >= 4 is 39.3 Å². The minimum absolute atomic E-state index is 0.113. The van der Waals surface area contributed by atoms with Crippen molar-refractivity contribution in [2.24, 2.45) is 0 Å². The monoisotopic (exact) mass is 314 g/mol. The highest BCUT2D eigenvalue weighted by atomic mass is 127. The second-order valence-corrected chi connectivity index (χ2v) is 4.73. The van der Waals surface area contributed by atoms with Crippen LogP contribution in [0.5, 0.6) is 0 Å². The van der Waals surface area contributed by atoms with Crippen molar-refractivity contribution < 1.29 is 4.79 Å². The lowest BCUT2D eigenvalue weighted by Crippen LogP contribution is -2.11. The topological polar surface area (TPSA) is 34.9 Å². The third kappa shape index (κ3) is 1.78. The molecule has 0 amide bonds. The Labute approximate surface area is 102 Å². The van der Waals surface area contributed by atoms with E-state index in [2.05, 4.69) is 27.6 Å². The number of rotatable bonds is 2. The van der Waals surface area contributed by atoms with Crippen LogP contribution in [0.1, 0.15) is 19.9 Å². The summed E-state index contributed by atoms with van der Waals surface area (Å²) in [4.78, 5) is 15.4. The lowest BCUT2D eigenvalue weighted by molar-refractivity contribution is -0.119. The van der Waals surface area contributed by atoms with Gasteiger partial charge in [0.05, 0.1) is 11.6 Å². The third-order valence-electron chi connectivity index (χ3n) is 2.59. The van der Waals surface area contributed by atoms with Crippen LogP contribution in [0.4, 0.5) is 0 Å². The average Bonchev–Trinajstić information content (AvgIpc) is 2.56. The van der Waals surface area contributed by atoms with Gasteiger partial charge in [-0.05, 0) is 42.5 Å². The SMILES string of the molecule is CC(=O)C(C)n1cc(I)c2cnccc21. The lowest BCUT2D eigenvalue weighted by atomic mass is 10.2. The Balaban J connectivity index is 2.67. The fraction of sp³-hybridized carbons (Fsp3) is 0.273. The summed E-state index contributed by atoms with van der Waals surface area (Å²) >= 11 is 2.26. The molecular weight excluding hydrogens is 303 g/mol. The van der Waals surface area contributed by atoms with Crippen LogP contribution in [0.25, 0.3) is 10.9 Å². The standard InChI is InChI=1S/C11H11IN2O/c1-7(8(2)15)14-6-10(12)9-5-13-4-3-11(9)14/h3-7H,1-2H3. The Hall–Kier alpha value is -0.910. The number of Topliss-reactive ketones (excluding diaryl/α,β-unsaturated/α-hetero) is 1. The van der Waals surface area contributed by atoms with Crippen LogP contribution in [0.3, 0.4) is 0 Å². The lowest BCUT2D eigenvalue weighted by Gasteiger charge is -2.10. The molecular formula is C11H11IN2O. The maximum absolute atomic E-state index is 11.4. The first-order chi connectivity index (χ1) is 7.11. The highest BCUT2D eigenvalue weighted by molar-refractivity contribution is 14.1. The van der Waals surface area contributed by atoms with Gasteiger partial charge in [0, 0.05) is 27.5 Å². The molecule has 0 aliphatic carbocycles. The predicted molar refractivity (Wildman–Crippen MR) is 67.8 cm³/mol. The maximum Gasteiger partial charge on any atom is 0.152 e. The molecule has 0 radical (unpaired) electrons. The summed E-state index contributed by atoms with van der Waals surface area (Å²) in [5.74, 6) is 0.167. The number of nitrogens with zero attached hydrogens (tertiary/aromatic N) is 2. The largest absolute Gasteiger partial charge is 0.336 e. The van der Waals surface area contributed by atoms with E-state index in [0.717, 1.165) is 14.5 Å². The smallest absolute Gasteiger partial charge is 0.152 e. The molecule has 2 rings (SSSR count). The van der Waals surface area contributed by atoms with E-state index < -0.39 is 0 Å². The molecule has 1 atom stereocenters. The van der Waals surface area contributed by atoms with Gasteiger partial charge in [-0.2, -0.15) is 0 Å². The van der Waals surface area contributed by atoms with Crippen LogP contribution in [0, 0.1) is 3.57 Å². The first-order valence-electron chi connectivity index (χ1n) is 4.71. The van der Waals surface area contributed by atoms with Crippen LogP contribution in [0.2, 0.25) is 0 Å². The molecule has 2 aromatic heterocycles. The predicted octanol–water partition coefficient (Wildman–Crippen LogP) is 2.79. The zero-order valence-corrected chi connectivity index (χ0v) is 10.7. The number of hydrogen-bond donors (Lipinski definition) is 0. The van der Waals surface area contributed by atoms with Crippen LogP contribution >= 0.6 is 22.6 Å². The van der Waals surface area contributed by atoms with Crippen LogP contribution < -0.4 is 0 Å². The molecule has 1 unspecified atom stereocenters. The van der Waals surface area contributed by atoms with Crippen molar-refractivity contribution in [3.8, 4) is 0 Å². The summed E-state index contributed by atoms with van der Waals surface area (Å²) < 4.78 is 3.13. The van der Waals surface area contributed by atoms with Gasteiger partial charge in [0.25, 0.3) is 0 Å². The van der Waals surface area contributed by atoms with Gasteiger partial charge in [-0.25, -0.2) is 0 Å². The molecule has 2 heterocycles. The van der Waals surface area contributed by atoms with E-state index in [0.29, 0.717) is 0 Å².